The van der Waals surface area contributed by atoms with Gasteiger partial charge in [0, 0.05) is 37.8 Å². The van der Waals surface area contributed by atoms with Crippen LogP contribution < -0.4 is 5.73 Å². The molecule has 2 N–H and O–H groups in total. The Balaban J connectivity index is 2.50. The lowest BCUT2D eigenvalue weighted by atomic mass is 9.96. The molecule has 2 amide bonds. The maximum atomic E-state index is 14.3. The average molecular weight is 656 g/mol. The number of benzene rings is 1. The highest BCUT2D eigenvalue weighted by molar-refractivity contribution is 9.11. The molecule has 0 unspecified atom stereocenters. The minimum absolute atomic E-state index is 0.0612. The summed E-state index contributed by atoms with van der Waals surface area (Å²) in [5, 5.41) is 3.58. The van der Waals surface area contributed by atoms with Gasteiger partial charge in [-0.3, -0.25) is 9.59 Å². The van der Waals surface area contributed by atoms with Gasteiger partial charge in [-0.05, 0) is 24.3 Å². The molecule has 0 saturated carbocycles. The average Bonchev–Trinajstić information content (AvgIpc) is 3.17. The van der Waals surface area contributed by atoms with E-state index >= 15 is 0 Å². The highest BCUT2D eigenvalue weighted by Crippen LogP contribution is 2.44. The summed E-state index contributed by atoms with van der Waals surface area (Å²) in [7, 11) is -0.628. The second-order valence-electron chi connectivity index (χ2n) is 6.90. The summed E-state index contributed by atoms with van der Waals surface area (Å²) in [6.45, 7) is 3.71. The third kappa shape index (κ3) is 5.68. The summed E-state index contributed by atoms with van der Waals surface area (Å²) in [4.78, 5) is 29.7. The fourth-order valence-corrected chi connectivity index (χ4v) is 5.89. The van der Waals surface area contributed by atoms with E-state index in [-0.39, 0.29) is 26.4 Å². The van der Waals surface area contributed by atoms with Crippen LogP contribution in [0.2, 0.25) is 5.02 Å². The predicted octanol–water partition coefficient (Wildman–Crippen LogP) is 6.21. The van der Waals surface area contributed by atoms with Crippen LogP contribution in [-0.2, 0) is 16.9 Å². The topological polar surface area (TPSA) is 103 Å². The Labute approximate surface area is 222 Å². The van der Waals surface area contributed by atoms with Crippen molar-refractivity contribution in [1.29, 1.82) is 0 Å². The number of halogens is 6. The molecule has 2 heterocycles. The molecule has 1 aromatic carbocycles. The number of rotatable bonds is 6. The first-order valence-electron chi connectivity index (χ1n) is 9.94. The minimum Gasteiger partial charge on any atom is -0.364 e. The summed E-state index contributed by atoms with van der Waals surface area (Å²) < 4.78 is 48.1. The largest absolute Gasteiger partial charge is 0.435 e. The van der Waals surface area contributed by atoms with Gasteiger partial charge >= 0.3 is 6.18 Å². The van der Waals surface area contributed by atoms with Crippen LogP contribution in [0.5, 0.6) is 0 Å². The van der Waals surface area contributed by atoms with Gasteiger partial charge in [-0.2, -0.15) is 22.6 Å². The summed E-state index contributed by atoms with van der Waals surface area (Å²) in [5.41, 5.74) is 2.41. The quantitative estimate of drug-likeness (QED) is 0.341. The Morgan fingerprint density at radius 3 is 2.40 bits per heavy atom. The number of nitrogens with zero attached hydrogens (tertiary/aromatic N) is 4. The molecule has 0 aliphatic carbocycles. The molecule has 0 aliphatic rings. The Hall–Kier alpha value is -2.09. The van der Waals surface area contributed by atoms with Crippen molar-refractivity contribution in [2.75, 3.05) is 11.5 Å². The van der Waals surface area contributed by atoms with Crippen LogP contribution in [0.3, 0.4) is 0 Å². The van der Waals surface area contributed by atoms with Gasteiger partial charge in [-0.15, -0.1) is 0 Å². The molecular weight excluding hydrogens is 639 g/mol. The van der Waals surface area contributed by atoms with E-state index < -0.39 is 45.6 Å². The lowest BCUT2D eigenvalue weighted by molar-refractivity contribution is -0.140. The summed E-state index contributed by atoms with van der Waals surface area (Å²) in [6, 6.07) is 5.63. The van der Waals surface area contributed by atoms with Gasteiger partial charge < -0.3 is 5.73 Å². The Morgan fingerprint density at radius 1 is 1.20 bits per heavy atom. The van der Waals surface area contributed by atoms with Crippen molar-refractivity contribution in [3.8, 4) is 16.9 Å². The summed E-state index contributed by atoms with van der Waals surface area (Å²) in [6.07, 6.45) is -3.74. The number of alkyl halides is 3. The molecule has 0 radical (unpaired) electrons. The van der Waals surface area contributed by atoms with E-state index in [2.05, 4.69) is 46.3 Å². The number of carbonyl (C=O) groups is 2. The molecule has 35 heavy (non-hydrogen) atoms. The minimum atomic E-state index is -5.02. The number of aromatic nitrogens is 3. The van der Waals surface area contributed by atoms with Gasteiger partial charge in [0.25, 0.3) is 11.8 Å². The van der Waals surface area contributed by atoms with E-state index in [4.69, 9.17) is 17.3 Å². The zero-order valence-electron chi connectivity index (χ0n) is 18.2. The van der Waals surface area contributed by atoms with Gasteiger partial charge in [0.1, 0.15) is 5.69 Å². The molecular formula is C21H17Br2ClF3N5O2S. The third-order valence-electron chi connectivity index (χ3n) is 4.74. The van der Waals surface area contributed by atoms with Crippen LogP contribution in [-0.4, -0.2) is 38.1 Å². The lowest BCUT2D eigenvalue weighted by Crippen LogP contribution is -2.19. The van der Waals surface area contributed by atoms with Gasteiger partial charge in [0.2, 0.25) is 0 Å². The molecule has 0 saturated heterocycles. The van der Waals surface area contributed by atoms with E-state index in [1.54, 1.807) is 0 Å². The number of nitrogens with two attached hydrogens (primary N) is 1. The summed E-state index contributed by atoms with van der Waals surface area (Å²) in [5.74, 6) is -1.02. The van der Waals surface area contributed by atoms with E-state index in [1.165, 1.54) is 30.5 Å². The van der Waals surface area contributed by atoms with Crippen LogP contribution in [0.4, 0.5) is 13.2 Å². The second kappa shape index (κ2) is 10.9. The van der Waals surface area contributed by atoms with Crippen LogP contribution in [0.25, 0.3) is 16.9 Å². The first-order valence-corrected chi connectivity index (χ1v) is 13.4. The highest BCUT2D eigenvalue weighted by Gasteiger charge is 2.43. The SMILES string of the molecule is CCS(CC)=NC(=O)c1cc(Br)cc(Br)c1-c1c(C(F)(F)F)nn(-c2ncccc2Cl)c1C(N)=O. The Morgan fingerprint density at radius 2 is 1.86 bits per heavy atom. The number of hydrogen-bond acceptors (Lipinski definition) is 4. The monoisotopic (exact) mass is 653 g/mol. The number of amides is 2. The molecule has 0 atom stereocenters. The van der Waals surface area contributed by atoms with Gasteiger partial charge in [0.15, 0.2) is 11.5 Å². The standard InChI is InChI=1S/C21H17Br2ClF3N5O2S/c1-3-35(4-2)31-20(34)11-8-10(22)9-12(23)14(11)15-16(18(28)33)32(30-17(15)21(25,26)27)19-13(24)6-5-7-29-19/h5-9H,3-4H2,1-2H3,(H2,28,33). The van der Waals surface area contributed by atoms with Crippen molar-refractivity contribution < 1.29 is 22.8 Å². The van der Waals surface area contributed by atoms with Crippen LogP contribution >= 0.6 is 43.5 Å². The summed E-state index contributed by atoms with van der Waals surface area (Å²) >= 11 is 12.6. The van der Waals surface area contributed by atoms with Crippen molar-refractivity contribution in [3.05, 3.63) is 61.4 Å². The molecule has 0 bridgehead atoms. The number of hydrogen-bond donors (Lipinski definition) is 1. The van der Waals surface area contributed by atoms with Gasteiger partial charge in [-0.1, -0.05) is 68.0 Å². The fourth-order valence-electron chi connectivity index (χ4n) is 3.26. The third-order valence-corrected chi connectivity index (χ3v) is 7.88. The van der Waals surface area contributed by atoms with Crippen molar-refractivity contribution in [1.82, 2.24) is 14.8 Å². The zero-order chi connectivity index (χ0) is 26.1. The normalized spacial score (nSPS) is 11.7. The van der Waals surface area contributed by atoms with Crippen molar-refractivity contribution in [2.45, 2.75) is 20.0 Å². The van der Waals surface area contributed by atoms with Crippen LogP contribution in [0.1, 0.15) is 40.4 Å². The molecule has 186 valence electrons. The van der Waals surface area contributed by atoms with Crippen molar-refractivity contribution >= 4 is 66.0 Å². The van der Waals surface area contributed by atoms with E-state index in [0.717, 1.165) is 0 Å². The Kier molecular flexibility index (Phi) is 8.56. The second-order valence-corrected chi connectivity index (χ2v) is 11.3. The van der Waals surface area contributed by atoms with Gasteiger partial charge in [-0.25, -0.2) is 9.67 Å². The zero-order valence-corrected chi connectivity index (χ0v) is 22.9. The van der Waals surface area contributed by atoms with E-state index in [9.17, 15) is 22.8 Å². The molecule has 14 heteroatoms. The fraction of sp³-hybridized carbons (Fsp3) is 0.238. The smallest absolute Gasteiger partial charge is 0.364 e. The maximum Gasteiger partial charge on any atom is 0.435 e. The number of pyridine rings is 1. The molecule has 0 aliphatic heterocycles. The van der Waals surface area contributed by atoms with Crippen molar-refractivity contribution in [3.63, 3.8) is 0 Å². The first-order chi connectivity index (χ1) is 16.4. The Bertz CT molecular complexity index is 1360. The molecule has 0 spiro atoms. The lowest BCUT2D eigenvalue weighted by Gasteiger charge is -2.14. The first kappa shape index (κ1) is 27.5. The van der Waals surface area contributed by atoms with Crippen LogP contribution in [0, 0.1) is 0 Å². The van der Waals surface area contributed by atoms with E-state index in [1.807, 2.05) is 13.8 Å². The van der Waals surface area contributed by atoms with Crippen LogP contribution in [0.15, 0.2) is 43.8 Å². The number of carbonyl (C=O) groups excluding carboxylic acids is 2. The van der Waals surface area contributed by atoms with Gasteiger partial charge in [0.05, 0.1) is 10.6 Å². The molecule has 3 aromatic rings. The molecule has 2 aromatic heterocycles. The number of primary amides is 1. The molecule has 3 rings (SSSR count). The predicted molar refractivity (Wildman–Crippen MR) is 136 cm³/mol. The molecule has 0 fully saturated rings. The maximum absolute atomic E-state index is 14.3. The van der Waals surface area contributed by atoms with Crippen molar-refractivity contribution in [2.24, 2.45) is 10.1 Å². The van der Waals surface area contributed by atoms with E-state index in [0.29, 0.717) is 20.7 Å². The highest BCUT2D eigenvalue weighted by atomic mass is 79.9. The molecule has 7 nitrogen and oxygen atoms in total.